The van der Waals surface area contributed by atoms with Crippen LogP contribution in [0.15, 0.2) is 53.7 Å². The summed E-state index contributed by atoms with van der Waals surface area (Å²) in [6, 6.07) is 14.6. The average Bonchev–Trinajstić information content (AvgIpc) is 3.19. The van der Waals surface area contributed by atoms with Crippen molar-refractivity contribution in [3.63, 3.8) is 0 Å². The van der Waals surface area contributed by atoms with Crippen molar-refractivity contribution in [1.82, 2.24) is 14.8 Å². The van der Waals surface area contributed by atoms with Gasteiger partial charge in [-0.15, -0.1) is 10.2 Å². The molecule has 32 heavy (non-hydrogen) atoms. The van der Waals surface area contributed by atoms with E-state index in [4.69, 9.17) is 9.47 Å². The van der Waals surface area contributed by atoms with E-state index in [2.05, 4.69) is 15.5 Å². The van der Waals surface area contributed by atoms with Crippen molar-refractivity contribution in [1.29, 1.82) is 0 Å². The number of ether oxygens (including phenoxy) is 2. The van der Waals surface area contributed by atoms with Crippen LogP contribution >= 0.6 is 11.8 Å². The van der Waals surface area contributed by atoms with Gasteiger partial charge < -0.3 is 19.4 Å². The van der Waals surface area contributed by atoms with E-state index < -0.39 is 5.97 Å². The van der Waals surface area contributed by atoms with Gasteiger partial charge in [0.25, 0.3) is 0 Å². The normalized spacial score (nSPS) is 10.6. The first-order valence-electron chi connectivity index (χ1n) is 10.3. The van der Waals surface area contributed by atoms with Crippen LogP contribution in [0.4, 0.5) is 5.69 Å². The van der Waals surface area contributed by atoms with E-state index in [9.17, 15) is 9.59 Å². The number of carbonyl (C=O) groups is 2. The highest BCUT2D eigenvalue weighted by Crippen LogP contribution is 2.21. The van der Waals surface area contributed by atoms with Crippen molar-refractivity contribution in [2.75, 3.05) is 17.7 Å². The Morgan fingerprint density at radius 3 is 2.53 bits per heavy atom. The molecule has 0 spiro atoms. The molecule has 168 valence electrons. The van der Waals surface area contributed by atoms with Gasteiger partial charge in [-0.05, 0) is 45.0 Å². The Balaban J connectivity index is 1.59. The fraction of sp³-hybridized carbons (Fsp3) is 0.304. The number of carbonyl (C=O) groups excluding carboxylic acids is 2. The number of aromatic nitrogens is 3. The minimum absolute atomic E-state index is 0.119. The van der Waals surface area contributed by atoms with Gasteiger partial charge in [-0.1, -0.05) is 41.6 Å². The fourth-order valence-corrected chi connectivity index (χ4v) is 3.75. The van der Waals surface area contributed by atoms with E-state index >= 15 is 0 Å². The van der Waals surface area contributed by atoms with Crippen molar-refractivity contribution in [3.8, 4) is 5.75 Å². The lowest BCUT2D eigenvalue weighted by atomic mass is 10.2. The Morgan fingerprint density at radius 1 is 1.06 bits per heavy atom. The zero-order chi connectivity index (χ0) is 22.9. The highest BCUT2D eigenvalue weighted by atomic mass is 32.2. The Labute approximate surface area is 191 Å². The highest BCUT2D eigenvalue weighted by molar-refractivity contribution is 7.99. The van der Waals surface area contributed by atoms with Crippen molar-refractivity contribution in [2.45, 2.75) is 39.1 Å². The summed E-state index contributed by atoms with van der Waals surface area (Å²) < 4.78 is 12.8. The van der Waals surface area contributed by atoms with Gasteiger partial charge in [0.05, 0.1) is 23.6 Å². The summed E-state index contributed by atoms with van der Waals surface area (Å²) in [6.07, 6.45) is 0. The van der Waals surface area contributed by atoms with Gasteiger partial charge in [0.2, 0.25) is 5.91 Å². The van der Waals surface area contributed by atoms with E-state index in [1.54, 1.807) is 31.2 Å². The molecule has 3 aromatic rings. The molecule has 1 amide bonds. The molecule has 0 bridgehead atoms. The first-order valence-corrected chi connectivity index (χ1v) is 11.3. The van der Waals surface area contributed by atoms with Crippen LogP contribution in [0.2, 0.25) is 0 Å². The Kier molecular flexibility index (Phi) is 8.27. The minimum atomic E-state index is -0.472. The Bertz CT molecular complexity index is 1070. The number of hydrogen-bond donors (Lipinski definition) is 1. The molecule has 1 N–H and O–H groups in total. The molecule has 0 aliphatic rings. The number of amides is 1. The van der Waals surface area contributed by atoms with Gasteiger partial charge in [0.15, 0.2) is 11.0 Å². The summed E-state index contributed by atoms with van der Waals surface area (Å²) >= 11 is 1.27. The minimum Gasteiger partial charge on any atom is -0.486 e. The lowest BCUT2D eigenvalue weighted by Gasteiger charge is -2.11. The molecule has 8 nitrogen and oxygen atoms in total. The molecule has 0 radical (unpaired) electrons. The molecule has 1 heterocycles. The van der Waals surface area contributed by atoms with E-state index in [-0.39, 0.29) is 24.9 Å². The number of nitrogens with one attached hydrogen (secondary N) is 1. The van der Waals surface area contributed by atoms with Crippen molar-refractivity contribution < 1.29 is 19.1 Å². The molecule has 0 aliphatic carbocycles. The SMILES string of the molecule is CCOC(=O)c1ccccc1NC(=O)CSc1nnc(COc2ccc(C)cc2)n1CC. The third kappa shape index (κ3) is 6.10. The lowest BCUT2D eigenvalue weighted by molar-refractivity contribution is -0.113. The zero-order valence-corrected chi connectivity index (χ0v) is 19.1. The Morgan fingerprint density at radius 2 is 1.81 bits per heavy atom. The molecule has 1 aromatic heterocycles. The number of rotatable bonds is 10. The van der Waals surface area contributed by atoms with Crippen LogP contribution < -0.4 is 10.1 Å². The maximum Gasteiger partial charge on any atom is 0.340 e. The van der Waals surface area contributed by atoms with Gasteiger partial charge in [0.1, 0.15) is 12.4 Å². The second kappa shape index (κ2) is 11.3. The summed E-state index contributed by atoms with van der Waals surface area (Å²) in [4.78, 5) is 24.6. The van der Waals surface area contributed by atoms with Gasteiger partial charge >= 0.3 is 5.97 Å². The smallest absolute Gasteiger partial charge is 0.340 e. The van der Waals surface area contributed by atoms with E-state index in [1.165, 1.54) is 11.8 Å². The van der Waals surface area contributed by atoms with Gasteiger partial charge in [-0.3, -0.25) is 4.79 Å². The molecule has 0 saturated heterocycles. The standard InChI is InChI=1S/C23H26N4O4S/c1-4-27-20(14-31-17-12-10-16(3)11-13-17)25-26-23(27)32-15-21(28)24-19-9-7-6-8-18(19)22(29)30-5-2/h6-13H,4-5,14-15H2,1-3H3,(H,24,28). The van der Waals surface area contributed by atoms with E-state index in [0.29, 0.717) is 28.8 Å². The average molecular weight is 455 g/mol. The van der Waals surface area contributed by atoms with Crippen molar-refractivity contribution >= 4 is 29.3 Å². The van der Waals surface area contributed by atoms with Crippen LogP contribution in [0.1, 0.15) is 35.6 Å². The quantitative estimate of drug-likeness (QED) is 0.364. The topological polar surface area (TPSA) is 95.3 Å². The van der Waals surface area contributed by atoms with Crippen LogP contribution in [-0.4, -0.2) is 39.0 Å². The number of para-hydroxylation sites is 1. The molecule has 0 atom stereocenters. The molecular formula is C23H26N4O4S. The third-order valence-electron chi connectivity index (χ3n) is 4.53. The van der Waals surface area contributed by atoms with E-state index in [1.807, 2.05) is 42.7 Å². The van der Waals surface area contributed by atoms with Crippen molar-refractivity contribution in [3.05, 3.63) is 65.5 Å². The van der Waals surface area contributed by atoms with Crippen LogP contribution in [0, 0.1) is 6.92 Å². The second-order valence-electron chi connectivity index (χ2n) is 6.85. The molecular weight excluding hydrogens is 428 g/mol. The van der Waals surface area contributed by atoms with Gasteiger partial charge in [-0.2, -0.15) is 0 Å². The summed E-state index contributed by atoms with van der Waals surface area (Å²) in [5, 5.41) is 11.8. The van der Waals surface area contributed by atoms with Gasteiger partial charge in [0, 0.05) is 6.54 Å². The molecule has 0 aliphatic heterocycles. The zero-order valence-electron chi connectivity index (χ0n) is 18.3. The van der Waals surface area contributed by atoms with Crippen LogP contribution in [0.3, 0.4) is 0 Å². The lowest BCUT2D eigenvalue weighted by Crippen LogP contribution is -2.18. The number of hydrogen-bond acceptors (Lipinski definition) is 7. The maximum absolute atomic E-state index is 12.5. The molecule has 9 heteroatoms. The number of aryl methyl sites for hydroxylation is 1. The first-order chi connectivity index (χ1) is 15.5. The molecule has 0 saturated carbocycles. The van der Waals surface area contributed by atoms with Crippen LogP contribution in [-0.2, 0) is 22.7 Å². The molecule has 0 fully saturated rings. The van der Waals surface area contributed by atoms with Crippen LogP contribution in [0.5, 0.6) is 5.75 Å². The Hall–Kier alpha value is -3.33. The molecule has 2 aromatic carbocycles. The van der Waals surface area contributed by atoms with Crippen LogP contribution in [0.25, 0.3) is 0 Å². The number of anilines is 1. The van der Waals surface area contributed by atoms with E-state index in [0.717, 1.165) is 11.3 Å². The number of benzene rings is 2. The second-order valence-corrected chi connectivity index (χ2v) is 7.79. The monoisotopic (exact) mass is 454 g/mol. The predicted molar refractivity (Wildman–Crippen MR) is 123 cm³/mol. The summed E-state index contributed by atoms with van der Waals surface area (Å²) in [5.74, 6) is 0.835. The summed E-state index contributed by atoms with van der Waals surface area (Å²) in [7, 11) is 0. The molecule has 0 unspecified atom stereocenters. The van der Waals surface area contributed by atoms with Gasteiger partial charge in [-0.25, -0.2) is 4.79 Å². The third-order valence-corrected chi connectivity index (χ3v) is 5.49. The highest BCUT2D eigenvalue weighted by Gasteiger charge is 2.16. The fourth-order valence-electron chi connectivity index (χ4n) is 2.93. The number of esters is 1. The first kappa shape index (κ1) is 23.3. The maximum atomic E-state index is 12.5. The molecule has 3 rings (SSSR count). The number of thioether (sulfide) groups is 1. The summed E-state index contributed by atoms with van der Waals surface area (Å²) in [5.41, 5.74) is 1.90. The number of nitrogens with zero attached hydrogens (tertiary/aromatic N) is 3. The van der Waals surface area contributed by atoms with Crippen molar-refractivity contribution in [2.24, 2.45) is 0 Å². The largest absolute Gasteiger partial charge is 0.486 e. The summed E-state index contributed by atoms with van der Waals surface area (Å²) in [6.45, 7) is 6.93. The predicted octanol–water partition coefficient (Wildman–Crippen LogP) is 4.09.